The maximum absolute atomic E-state index is 12.1. The van der Waals surface area contributed by atoms with Gasteiger partial charge in [0.25, 0.3) is 0 Å². The summed E-state index contributed by atoms with van der Waals surface area (Å²) in [5, 5.41) is 0. The Morgan fingerprint density at radius 3 is 3.08 bits per heavy atom. The molecule has 0 unspecified atom stereocenters. The van der Waals surface area contributed by atoms with Crippen LogP contribution in [0.2, 0.25) is 0 Å². The fraction of sp³-hybridized carbons (Fsp3) is 1.00. The highest BCUT2D eigenvalue weighted by Gasteiger charge is 2.71. The first-order valence-electron chi connectivity index (χ1n) is 4.89. The number of hydrogen-bond donors (Lipinski definition) is 0. The molecule has 4 atom stereocenters. The summed E-state index contributed by atoms with van der Waals surface area (Å²) >= 11 is 0. The Morgan fingerprint density at radius 1 is 1.50 bits per heavy atom. The number of ether oxygens (including phenoxy) is 1. The maximum Gasteiger partial charge on any atom is 0.105 e. The Hall–Kier alpha value is 0.190. The molecule has 0 aromatic carbocycles. The fourth-order valence-corrected chi connectivity index (χ4v) is 6.58. The summed E-state index contributed by atoms with van der Waals surface area (Å²) < 4.78 is 17.8. The summed E-state index contributed by atoms with van der Waals surface area (Å²) in [5.74, 6) is 0. The maximum atomic E-state index is 12.1. The van der Waals surface area contributed by atoms with Crippen molar-refractivity contribution in [3.63, 3.8) is 0 Å². The third-order valence-corrected chi connectivity index (χ3v) is 6.97. The van der Waals surface area contributed by atoms with Crippen LogP contribution in [0.15, 0.2) is 0 Å². The molecule has 3 rings (SSSR count). The Labute approximate surface area is 73.0 Å². The Morgan fingerprint density at radius 2 is 2.33 bits per heavy atom. The van der Waals surface area contributed by atoms with Crippen molar-refractivity contribution in [1.82, 2.24) is 0 Å². The Balaban J connectivity index is 1.99. The molecule has 1 aliphatic carbocycles. The van der Waals surface area contributed by atoms with Gasteiger partial charge in [-0.2, -0.15) is 0 Å². The lowest BCUT2D eigenvalue weighted by Gasteiger charge is -2.29. The summed E-state index contributed by atoms with van der Waals surface area (Å²) in [6, 6.07) is 0. The van der Waals surface area contributed by atoms with E-state index in [9.17, 15) is 4.57 Å². The van der Waals surface area contributed by atoms with Crippen LogP contribution in [0.5, 0.6) is 0 Å². The number of hydrogen-bond acceptors (Lipinski definition) is 2. The zero-order valence-electron chi connectivity index (χ0n) is 7.45. The lowest BCUT2D eigenvalue weighted by Crippen LogP contribution is -2.30. The van der Waals surface area contributed by atoms with Gasteiger partial charge in [-0.3, -0.25) is 0 Å². The molecule has 2 nitrogen and oxygen atoms in total. The van der Waals surface area contributed by atoms with Crippen LogP contribution in [0.4, 0.5) is 0 Å². The quantitative estimate of drug-likeness (QED) is 0.428. The molecule has 68 valence electrons. The minimum atomic E-state index is -1.82. The van der Waals surface area contributed by atoms with Crippen LogP contribution < -0.4 is 0 Å². The molecule has 2 saturated heterocycles. The smallest absolute Gasteiger partial charge is 0.105 e. The van der Waals surface area contributed by atoms with Gasteiger partial charge in [-0.25, -0.2) is 0 Å². The molecule has 0 aromatic heterocycles. The molecule has 0 amide bonds. The molecule has 12 heavy (non-hydrogen) atoms. The third-order valence-electron chi connectivity index (χ3n) is 3.90. The minimum absolute atomic E-state index is 0.128. The van der Waals surface area contributed by atoms with Crippen molar-refractivity contribution in [2.75, 3.05) is 12.8 Å². The molecular weight excluding hydrogens is 171 g/mol. The molecule has 2 heterocycles. The number of rotatable bonds is 0. The van der Waals surface area contributed by atoms with Gasteiger partial charge in [0.05, 0.1) is 13.2 Å². The van der Waals surface area contributed by atoms with Gasteiger partial charge in [-0.15, -0.1) is 0 Å². The van der Waals surface area contributed by atoms with Gasteiger partial charge in [0.15, 0.2) is 0 Å². The molecule has 1 spiro atoms. The van der Waals surface area contributed by atoms with E-state index in [4.69, 9.17) is 4.74 Å². The topological polar surface area (TPSA) is 29.6 Å². The molecule has 0 bridgehead atoms. The van der Waals surface area contributed by atoms with Crippen LogP contribution >= 0.6 is 7.14 Å². The van der Waals surface area contributed by atoms with Gasteiger partial charge in [0.1, 0.15) is 5.60 Å². The van der Waals surface area contributed by atoms with Gasteiger partial charge in [-0.1, -0.05) is 12.8 Å². The predicted molar refractivity (Wildman–Crippen MR) is 48.3 cm³/mol. The molecule has 3 aliphatic rings. The Bertz CT molecular complexity index is 276. The third kappa shape index (κ3) is 0.736. The van der Waals surface area contributed by atoms with Gasteiger partial charge < -0.3 is 9.30 Å². The van der Waals surface area contributed by atoms with Crippen LogP contribution in [0.1, 0.15) is 25.7 Å². The summed E-state index contributed by atoms with van der Waals surface area (Å²) in [7, 11) is -1.82. The monoisotopic (exact) mass is 186 g/mol. The largest absolute Gasteiger partial charge is 0.365 e. The van der Waals surface area contributed by atoms with Crippen LogP contribution in [-0.4, -0.2) is 30.2 Å². The highest BCUT2D eigenvalue weighted by molar-refractivity contribution is 7.64. The van der Waals surface area contributed by atoms with Crippen molar-refractivity contribution in [2.45, 2.75) is 43.0 Å². The first-order chi connectivity index (χ1) is 5.65. The van der Waals surface area contributed by atoms with Crippen molar-refractivity contribution >= 4 is 7.14 Å². The van der Waals surface area contributed by atoms with Crippen molar-refractivity contribution < 1.29 is 9.30 Å². The van der Waals surface area contributed by atoms with Crippen molar-refractivity contribution in [3.8, 4) is 0 Å². The molecule has 3 heteroatoms. The molecule has 0 radical (unpaired) electrons. The van der Waals surface area contributed by atoms with Crippen molar-refractivity contribution in [1.29, 1.82) is 0 Å². The van der Waals surface area contributed by atoms with Crippen molar-refractivity contribution in [2.24, 2.45) is 0 Å². The molecular formula is C9H15O2P. The van der Waals surface area contributed by atoms with E-state index in [0.717, 1.165) is 12.6 Å². The normalized spacial score (nSPS) is 62.4. The first-order valence-corrected chi connectivity index (χ1v) is 7.30. The van der Waals surface area contributed by atoms with Gasteiger partial charge >= 0.3 is 0 Å². The summed E-state index contributed by atoms with van der Waals surface area (Å²) in [6.45, 7) is 1.99. The van der Waals surface area contributed by atoms with E-state index >= 15 is 0 Å². The predicted octanol–water partition coefficient (Wildman–Crippen LogP) is 2.07. The van der Waals surface area contributed by atoms with Crippen LogP contribution in [-0.2, 0) is 9.30 Å². The summed E-state index contributed by atoms with van der Waals surface area (Å²) in [4.78, 5) is 0. The van der Waals surface area contributed by atoms with E-state index in [1.165, 1.54) is 19.3 Å². The van der Waals surface area contributed by atoms with Gasteiger partial charge in [-0.05, 0) is 19.5 Å². The minimum Gasteiger partial charge on any atom is -0.365 e. The zero-order chi connectivity index (χ0) is 8.40. The van der Waals surface area contributed by atoms with Crippen LogP contribution in [0.3, 0.4) is 0 Å². The van der Waals surface area contributed by atoms with Crippen LogP contribution in [0, 0.1) is 0 Å². The highest BCUT2D eigenvalue weighted by atomic mass is 31.2. The van der Waals surface area contributed by atoms with E-state index in [2.05, 4.69) is 0 Å². The molecule has 0 aromatic rings. The van der Waals surface area contributed by atoms with E-state index in [1.54, 1.807) is 0 Å². The summed E-state index contributed by atoms with van der Waals surface area (Å²) in [5.41, 5.74) is 0.562. The first kappa shape index (κ1) is 7.58. The summed E-state index contributed by atoms with van der Waals surface area (Å²) in [6.07, 6.45) is 6.15. The van der Waals surface area contributed by atoms with E-state index in [0.29, 0.717) is 11.8 Å². The van der Waals surface area contributed by atoms with E-state index < -0.39 is 7.14 Å². The van der Waals surface area contributed by atoms with E-state index in [1.807, 2.05) is 6.66 Å². The lowest BCUT2D eigenvalue weighted by atomic mass is 9.87. The van der Waals surface area contributed by atoms with E-state index in [-0.39, 0.29) is 5.60 Å². The molecule has 0 N–H and O–H groups in total. The molecule has 3 fully saturated rings. The molecule has 2 aliphatic heterocycles. The van der Waals surface area contributed by atoms with Crippen molar-refractivity contribution in [3.05, 3.63) is 0 Å². The average molecular weight is 186 g/mol. The fourth-order valence-electron chi connectivity index (χ4n) is 3.28. The van der Waals surface area contributed by atoms with Gasteiger partial charge in [0.2, 0.25) is 0 Å². The average Bonchev–Trinajstić information content (AvgIpc) is 2.57. The zero-order valence-corrected chi connectivity index (χ0v) is 8.35. The SMILES string of the molecule is C[P@]1(=O)C[C@@H]2O[C@@]23CCCC[C@@H]31. The second kappa shape index (κ2) is 1.99. The van der Waals surface area contributed by atoms with Crippen LogP contribution in [0.25, 0.3) is 0 Å². The standard InChI is InChI=1S/C9H15O2P/c1-12(10)6-7-9(11-7)5-3-2-4-8(9)12/h7-8H,2-6H2,1H3/t7-,8-,9-,12-/m0/s1. The highest BCUT2D eigenvalue weighted by Crippen LogP contribution is 2.71. The second-order valence-corrected chi connectivity index (χ2v) is 8.02. The van der Waals surface area contributed by atoms with Gasteiger partial charge in [0, 0.05) is 11.8 Å². The molecule has 1 saturated carbocycles. The second-order valence-electron chi connectivity index (χ2n) is 4.68. The number of epoxide rings is 1. The Kier molecular flexibility index (Phi) is 1.25. The lowest BCUT2D eigenvalue weighted by molar-refractivity contribution is 0.231.